The zero-order valence-corrected chi connectivity index (χ0v) is 14.2. The Morgan fingerprint density at radius 3 is 3.04 bits per heavy atom. The first-order valence-corrected chi connectivity index (χ1v) is 8.66. The number of carbonyl (C=O) groups excluding carboxylic acids is 1. The van der Waals surface area contributed by atoms with Crippen LogP contribution in [0.3, 0.4) is 0 Å². The van der Waals surface area contributed by atoms with Crippen LogP contribution in [0.2, 0.25) is 5.02 Å². The number of halogens is 1. The Balaban J connectivity index is 1.56. The van der Waals surface area contributed by atoms with Crippen LogP contribution in [0.1, 0.15) is 25.7 Å². The Bertz CT molecular complexity index is 553. The molecule has 0 aliphatic carbocycles. The predicted molar refractivity (Wildman–Crippen MR) is 92.3 cm³/mol. The van der Waals surface area contributed by atoms with Crippen LogP contribution < -0.4 is 15.4 Å². The summed E-state index contributed by atoms with van der Waals surface area (Å²) in [6.45, 7) is 2.53. The summed E-state index contributed by atoms with van der Waals surface area (Å²) in [5.41, 5.74) is 0.827. The molecule has 2 heterocycles. The van der Waals surface area contributed by atoms with Crippen LogP contribution in [-0.4, -0.2) is 49.6 Å². The average Bonchev–Trinajstić information content (AvgIpc) is 2.80. The van der Waals surface area contributed by atoms with Gasteiger partial charge >= 0.3 is 0 Å². The van der Waals surface area contributed by atoms with Crippen molar-refractivity contribution < 1.29 is 9.53 Å². The van der Waals surface area contributed by atoms with Crippen LogP contribution in [0.25, 0.3) is 0 Å². The van der Waals surface area contributed by atoms with E-state index in [1.807, 2.05) is 12.1 Å². The van der Waals surface area contributed by atoms with Crippen molar-refractivity contribution in [1.29, 1.82) is 0 Å². The van der Waals surface area contributed by atoms with Gasteiger partial charge in [-0.15, -0.1) is 0 Å². The molecule has 0 radical (unpaired) electrons. The molecule has 2 saturated heterocycles. The molecule has 0 spiro atoms. The monoisotopic (exact) mass is 337 g/mol. The van der Waals surface area contributed by atoms with E-state index >= 15 is 0 Å². The Hall–Kier alpha value is -1.46. The smallest absolute Gasteiger partial charge is 0.224 e. The quantitative estimate of drug-likeness (QED) is 0.867. The van der Waals surface area contributed by atoms with Gasteiger partial charge in [-0.05, 0) is 44.0 Å². The fourth-order valence-electron chi connectivity index (χ4n) is 3.64. The zero-order chi connectivity index (χ0) is 16.2. The van der Waals surface area contributed by atoms with E-state index in [1.54, 1.807) is 13.2 Å². The van der Waals surface area contributed by atoms with Gasteiger partial charge in [0.1, 0.15) is 5.75 Å². The van der Waals surface area contributed by atoms with Crippen molar-refractivity contribution in [2.24, 2.45) is 0 Å². The second-order valence-electron chi connectivity index (χ2n) is 6.20. The van der Waals surface area contributed by atoms with Gasteiger partial charge in [-0.2, -0.15) is 0 Å². The molecule has 1 aromatic rings. The van der Waals surface area contributed by atoms with Crippen molar-refractivity contribution >= 4 is 23.2 Å². The van der Waals surface area contributed by atoms with Gasteiger partial charge in [0.15, 0.2) is 0 Å². The van der Waals surface area contributed by atoms with Gasteiger partial charge in [-0.25, -0.2) is 0 Å². The molecular formula is C17H24ClN3O2. The summed E-state index contributed by atoms with van der Waals surface area (Å²) in [5, 5.41) is 7.34. The number of hydrogen-bond donors (Lipinski definition) is 2. The number of rotatable bonds is 5. The third-order valence-corrected chi connectivity index (χ3v) is 4.99. The number of amides is 1. The van der Waals surface area contributed by atoms with E-state index in [1.165, 1.54) is 0 Å². The molecule has 2 aliphatic rings. The molecule has 2 N–H and O–H groups in total. The summed E-state index contributed by atoms with van der Waals surface area (Å²) >= 11 is 6.02. The molecule has 23 heavy (non-hydrogen) atoms. The number of carbonyl (C=O) groups is 1. The minimum atomic E-state index is 0.245. The normalized spacial score (nSPS) is 23.5. The number of fused-ring (bicyclic) bond motifs is 2. The van der Waals surface area contributed by atoms with E-state index in [2.05, 4.69) is 15.5 Å². The minimum Gasteiger partial charge on any atom is -0.495 e. The zero-order valence-electron chi connectivity index (χ0n) is 13.5. The van der Waals surface area contributed by atoms with Crippen molar-refractivity contribution in [3.8, 4) is 5.75 Å². The lowest BCUT2D eigenvalue weighted by atomic mass is 10.1. The third kappa shape index (κ3) is 3.72. The van der Waals surface area contributed by atoms with E-state index < -0.39 is 0 Å². The maximum Gasteiger partial charge on any atom is 0.224 e. The summed E-state index contributed by atoms with van der Waals surface area (Å²) in [6.07, 6.45) is 3.83. The topological polar surface area (TPSA) is 53.6 Å². The third-order valence-electron chi connectivity index (χ3n) is 4.76. The molecule has 2 unspecified atom stereocenters. The van der Waals surface area contributed by atoms with Gasteiger partial charge in [0.25, 0.3) is 0 Å². The average molecular weight is 338 g/mol. The van der Waals surface area contributed by atoms with Crippen LogP contribution >= 0.6 is 11.6 Å². The molecule has 2 fully saturated rings. The molecular weight excluding hydrogens is 314 g/mol. The Morgan fingerprint density at radius 2 is 2.22 bits per heavy atom. The molecule has 2 bridgehead atoms. The SMILES string of the molecule is COc1ccc(Cl)cc1NCCC(=O)N1C2CCNCC1CC2. The Labute approximate surface area is 142 Å². The fourth-order valence-corrected chi connectivity index (χ4v) is 3.81. The van der Waals surface area contributed by atoms with Gasteiger partial charge in [-0.3, -0.25) is 4.79 Å². The highest BCUT2D eigenvalue weighted by atomic mass is 35.5. The van der Waals surface area contributed by atoms with Crippen LogP contribution in [-0.2, 0) is 4.79 Å². The Kier molecular flexibility index (Phi) is 5.28. The van der Waals surface area contributed by atoms with Gasteiger partial charge in [0.2, 0.25) is 5.91 Å². The first-order valence-electron chi connectivity index (χ1n) is 8.28. The lowest BCUT2D eigenvalue weighted by Crippen LogP contribution is -2.43. The summed E-state index contributed by atoms with van der Waals surface area (Å²) in [6, 6.07) is 6.23. The second kappa shape index (κ2) is 7.41. The predicted octanol–water partition coefficient (Wildman–Crippen LogP) is 2.50. The van der Waals surface area contributed by atoms with Gasteiger partial charge in [0.05, 0.1) is 12.8 Å². The van der Waals surface area contributed by atoms with Crippen LogP contribution in [0.4, 0.5) is 5.69 Å². The molecule has 5 nitrogen and oxygen atoms in total. The highest BCUT2D eigenvalue weighted by Crippen LogP contribution is 2.29. The first-order chi connectivity index (χ1) is 11.2. The molecule has 6 heteroatoms. The van der Waals surface area contributed by atoms with Crippen molar-refractivity contribution in [1.82, 2.24) is 10.2 Å². The van der Waals surface area contributed by atoms with Crippen LogP contribution in [0.5, 0.6) is 5.75 Å². The minimum absolute atomic E-state index is 0.245. The molecule has 0 aromatic heterocycles. The summed E-state index contributed by atoms with van der Waals surface area (Å²) in [4.78, 5) is 14.7. The van der Waals surface area contributed by atoms with E-state index in [9.17, 15) is 4.79 Å². The van der Waals surface area contributed by atoms with Crippen molar-refractivity contribution in [3.63, 3.8) is 0 Å². The Morgan fingerprint density at radius 1 is 1.39 bits per heavy atom. The number of nitrogens with one attached hydrogen (secondary N) is 2. The second-order valence-corrected chi connectivity index (χ2v) is 6.64. The van der Waals surface area contributed by atoms with Crippen molar-refractivity contribution in [2.75, 3.05) is 32.1 Å². The van der Waals surface area contributed by atoms with Crippen molar-refractivity contribution in [2.45, 2.75) is 37.8 Å². The molecule has 2 aliphatic heterocycles. The van der Waals surface area contributed by atoms with Crippen LogP contribution in [0, 0.1) is 0 Å². The maximum absolute atomic E-state index is 12.6. The number of hydrogen-bond acceptors (Lipinski definition) is 4. The number of nitrogens with zero attached hydrogens (tertiary/aromatic N) is 1. The van der Waals surface area contributed by atoms with Crippen LogP contribution in [0.15, 0.2) is 18.2 Å². The number of anilines is 1. The molecule has 3 rings (SSSR count). The maximum atomic E-state index is 12.6. The largest absolute Gasteiger partial charge is 0.495 e. The highest BCUT2D eigenvalue weighted by Gasteiger charge is 2.37. The highest BCUT2D eigenvalue weighted by molar-refractivity contribution is 6.30. The van der Waals surface area contributed by atoms with E-state index in [-0.39, 0.29) is 5.91 Å². The van der Waals surface area contributed by atoms with Gasteiger partial charge in [0, 0.05) is 36.6 Å². The summed E-state index contributed by atoms with van der Waals surface area (Å²) in [7, 11) is 1.63. The molecule has 126 valence electrons. The number of methoxy groups -OCH3 is 1. The van der Waals surface area contributed by atoms with E-state index in [0.717, 1.165) is 43.8 Å². The lowest BCUT2D eigenvalue weighted by Gasteiger charge is -2.28. The van der Waals surface area contributed by atoms with E-state index in [4.69, 9.17) is 16.3 Å². The fraction of sp³-hybridized carbons (Fsp3) is 0.588. The molecule has 1 amide bonds. The van der Waals surface area contributed by atoms with E-state index in [0.29, 0.717) is 30.1 Å². The number of benzene rings is 1. The van der Waals surface area contributed by atoms with Crippen molar-refractivity contribution in [3.05, 3.63) is 23.2 Å². The summed E-state index contributed by atoms with van der Waals surface area (Å²) < 4.78 is 5.31. The summed E-state index contributed by atoms with van der Waals surface area (Å²) in [5.74, 6) is 0.982. The molecule has 1 aromatic carbocycles. The standard InChI is InChI=1S/C17H24ClN3O2/c1-23-16-5-2-12(18)10-15(16)20-9-7-17(22)21-13-3-4-14(21)11-19-8-6-13/h2,5,10,13-14,19-20H,3-4,6-9,11H2,1H3. The molecule has 2 atom stereocenters. The lowest BCUT2D eigenvalue weighted by molar-refractivity contribution is -0.133. The van der Waals surface area contributed by atoms with Gasteiger partial charge < -0.3 is 20.3 Å². The first kappa shape index (κ1) is 16.4. The molecule has 0 saturated carbocycles. The van der Waals surface area contributed by atoms with Gasteiger partial charge in [-0.1, -0.05) is 11.6 Å². The number of ether oxygens (including phenoxy) is 1.